The van der Waals surface area contributed by atoms with Crippen molar-refractivity contribution in [3.05, 3.63) is 21.9 Å². The van der Waals surface area contributed by atoms with Crippen LogP contribution >= 0.6 is 11.3 Å². The Bertz CT molecular complexity index is 450. The summed E-state index contributed by atoms with van der Waals surface area (Å²) < 4.78 is 0. The molecular formula is C17H26N2S. The van der Waals surface area contributed by atoms with Gasteiger partial charge in [0.25, 0.3) is 0 Å². The minimum absolute atomic E-state index is 0.636. The largest absolute Gasteiger partial charge is 0.314 e. The summed E-state index contributed by atoms with van der Waals surface area (Å²) in [5.74, 6) is 0.876. The summed E-state index contributed by atoms with van der Waals surface area (Å²) in [6.45, 7) is 1.24. The molecule has 3 heteroatoms. The van der Waals surface area contributed by atoms with Crippen LogP contribution in [0.1, 0.15) is 61.4 Å². The Balaban J connectivity index is 1.46. The molecule has 0 aromatic carbocycles. The summed E-state index contributed by atoms with van der Waals surface area (Å²) in [5, 5.41) is 10.1. The lowest BCUT2D eigenvalue weighted by Crippen LogP contribution is -2.43. The number of thiophene rings is 1. The lowest BCUT2D eigenvalue weighted by molar-refractivity contribution is 0.288. The first-order valence-electron chi connectivity index (χ1n) is 8.47. The summed E-state index contributed by atoms with van der Waals surface area (Å²) in [7, 11) is 0. The van der Waals surface area contributed by atoms with Crippen molar-refractivity contribution < 1.29 is 0 Å². The second-order valence-electron chi connectivity index (χ2n) is 6.81. The maximum absolute atomic E-state index is 4.05. The van der Waals surface area contributed by atoms with E-state index in [1.807, 2.05) is 11.3 Å². The Morgan fingerprint density at radius 1 is 1.10 bits per heavy atom. The number of hydrogen-bond acceptors (Lipinski definition) is 3. The molecule has 3 aliphatic rings. The van der Waals surface area contributed by atoms with Crippen molar-refractivity contribution >= 4 is 11.3 Å². The van der Waals surface area contributed by atoms with Crippen LogP contribution in [0.15, 0.2) is 11.4 Å². The average molecular weight is 290 g/mol. The van der Waals surface area contributed by atoms with Gasteiger partial charge in [-0.05, 0) is 74.4 Å². The van der Waals surface area contributed by atoms with E-state index >= 15 is 0 Å². The van der Waals surface area contributed by atoms with Crippen LogP contribution in [0.5, 0.6) is 0 Å². The first-order valence-corrected chi connectivity index (χ1v) is 9.35. The molecule has 4 unspecified atom stereocenters. The van der Waals surface area contributed by atoms with Crippen LogP contribution in [0.25, 0.3) is 0 Å². The van der Waals surface area contributed by atoms with Crippen molar-refractivity contribution in [2.24, 2.45) is 5.92 Å². The van der Waals surface area contributed by atoms with Gasteiger partial charge in [-0.1, -0.05) is 6.42 Å². The molecule has 0 amide bonds. The summed E-state index contributed by atoms with van der Waals surface area (Å²) in [4.78, 5) is 1.64. The molecule has 1 aromatic heterocycles. The molecule has 0 radical (unpaired) electrons. The van der Waals surface area contributed by atoms with Gasteiger partial charge < -0.3 is 10.6 Å². The third-order valence-corrected chi connectivity index (χ3v) is 6.65. The van der Waals surface area contributed by atoms with Crippen LogP contribution < -0.4 is 10.6 Å². The maximum atomic E-state index is 4.05. The van der Waals surface area contributed by atoms with Gasteiger partial charge in [-0.2, -0.15) is 0 Å². The van der Waals surface area contributed by atoms with Crippen LogP contribution in [0.2, 0.25) is 0 Å². The molecule has 4 rings (SSSR count). The molecule has 0 spiro atoms. The molecule has 2 aliphatic carbocycles. The molecule has 4 atom stereocenters. The molecule has 20 heavy (non-hydrogen) atoms. The second-order valence-corrected chi connectivity index (χ2v) is 7.82. The van der Waals surface area contributed by atoms with E-state index < -0.39 is 0 Å². The first kappa shape index (κ1) is 13.3. The van der Waals surface area contributed by atoms with Crippen LogP contribution in [0.3, 0.4) is 0 Å². The van der Waals surface area contributed by atoms with E-state index in [1.54, 1.807) is 10.4 Å². The Hall–Kier alpha value is -0.380. The van der Waals surface area contributed by atoms with E-state index in [1.165, 1.54) is 57.9 Å². The Morgan fingerprint density at radius 3 is 3.00 bits per heavy atom. The average Bonchev–Trinajstić information content (AvgIpc) is 3.20. The summed E-state index contributed by atoms with van der Waals surface area (Å²) in [5.41, 5.74) is 1.62. The van der Waals surface area contributed by atoms with Crippen LogP contribution in [0, 0.1) is 5.92 Å². The van der Waals surface area contributed by atoms with Crippen molar-refractivity contribution in [1.82, 2.24) is 10.6 Å². The molecule has 2 fully saturated rings. The molecule has 1 aliphatic heterocycles. The van der Waals surface area contributed by atoms with E-state index in [0.717, 1.165) is 18.0 Å². The van der Waals surface area contributed by atoms with Gasteiger partial charge >= 0.3 is 0 Å². The SMILES string of the molecule is c1cc2c(s1)CCCC2NC1CCCC1C1CCCN1. The molecule has 0 bridgehead atoms. The van der Waals surface area contributed by atoms with E-state index in [2.05, 4.69) is 22.1 Å². The number of nitrogens with one attached hydrogen (secondary N) is 2. The normalized spacial score (nSPS) is 37.2. The van der Waals surface area contributed by atoms with Crippen molar-refractivity contribution in [3.63, 3.8) is 0 Å². The van der Waals surface area contributed by atoms with Gasteiger partial charge in [-0.15, -0.1) is 11.3 Å². The zero-order chi connectivity index (χ0) is 13.4. The number of rotatable bonds is 3. The monoisotopic (exact) mass is 290 g/mol. The Labute approximate surface area is 126 Å². The maximum Gasteiger partial charge on any atom is 0.0333 e. The molecule has 2 heterocycles. The van der Waals surface area contributed by atoms with Gasteiger partial charge in [-0.25, -0.2) is 0 Å². The van der Waals surface area contributed by atoms with Crippen molar-refractivity contribution in [3.8, 4) is 0 Å². The zero-order valence-corrected chi connectivity index (χ0v) is 13.1. The minimum Gasteiger partial charge on any atom is -0.314 e. The van der Waals surface area contributed by atoms with E-state index in [0.29, 0.717) is 6.04 Å². The summed E-state index contributed by atoms with van der Waals surface area (Å²) >= 11 is 1.96. The van der Waals surface area contributed by atoms with Crippen LogP contribution in [-0.2, 0) is 6.42 Å². The predicted molar refractivity (Wildman–Crippen MR) is 85.3 cm³/mol. The molecule has 1 aromatic rings. The van der Waals surface area contributed by atoms with Gasteiger partial charge in [0, 0.05) is 23.0 Å². The Morgan fingerprint density at radius 2 is 2.10 bits per heavy atom. The third kappa shape index (κ3) is 2.44. The Kier molecular flexibility index (Phi) is 3.84. The van der Waals surface area contributed by atoms with Crippen molar-refractivity contribution in [2.75, 3.05) is 6.54 Å². The fourth-order valence-electron chi connectivity index (χ4n) is 4.67. The minimum atomic E-state index is 0.636. The molecule has 2 nitrogen and oxygen atoms in total. The molecular weight excluding hydrogens is 264 g/mol. The lowest BCUT2D eigenvalue weighted by atomic mass is 9.89. The van der Waals surface area contributed by atoms with Crippen molar-refractivity contribution in [1.29, 1.82) is 0 Å². The highest BCUT2D eigenvalue weighted by Gasteiger charge is 2.36. The van der Waals surface area contributed by atoms with E-state index in [-0.39, 0.29) is 0 Å². The quantitative estimate of drug-likeness (QED) is 0.888. The van der Waals surface area contributed by atoms with Crippen LogP contribution in [-0.4, -0.2) is 18.6 Å². The highest BCUT2D eigenvalue weighted by molar-refractivity contribution is 7.10. The molecule has 2 N–H and O–H groups in total. The summed E-state index contributed by atoms with van der Waals surface area (Å²) in [6.07, 6.45) is 11.0. The number of fused-ring (bicyclic) bond motifs is 1. The standard InChI is InChI=1S/C17H26N2S/c1-4-12(14-7-3-10-18-14)15(5-1)19-16-6-2-8-17-13(16)9-11-20-17/h9,11-12,14-16,18-19H,1-8,10H2. The van der Waals surface area contributed by atoms with E-state index in [9.17, 15) is 0 Å². The molecule has 1 saturated carbocycles. The number of aryl methyl sites for hydroxylation is 1. The highest BCUT2D eigenvalue weighted by atomic mass is 32.1. The smallest absolute Gasteiger partial charge is 0.0333 e. The third-order valence-electron chi connectivity index (χ3n) is 5.65. The fourth-order valence-corrected chi connectivity index (χ4v) is 5.66. The topological polar surface area (TPSA) is 24.1 Å². The lowest BCUT2D eigenvalue weighted by Gasteiger charge is -2.32. The predicted octanol–water partition coefficient (Wildman–Crippen LogP) is 3.64. The molecule has 110 valence electrons. The zero-order valence-electron chi connectivity index (χ0n) is 12.2. The van der Waals surface area contributed by atoms with Gasteiger partial charge in [0.2, 0.25) is 0 Å². The van der Waals surface area contributed by atoms with Gasteiger partial charge in [0.15, 0.2) is 0 Å². The van der Waals surface area contributed by atoms with E-state index in [4.69, 9.17) is 0 Å². The summed E-state index contributed by atoms with van der Waals surface area (Å²) in [6, 6.07) is 4.55. The van der Waals surface area contributed by atoms with Gasteiger partial charge in [0.1, 0.15) is 0 Å². The fraction of sp³-hybridized carbons (Fsp3) is 0.765. The van der Waals surface area contributed by atoms with Gasteiger partial charge in [-0.3, -0.25) is 0 Å². The number of hydrogen-bond donors (Lipinski definition) is 2. The molecule has 1 saturated heterocycles. The van der Waals surface area contributed by atoms with Crippen molar-refractivity contribution in [2.45, 2.75) is 69.5 Å². The van der Waals surface area contributed by atoms with Crippen LogP contribution in [0.4, 0.5) is 0 Å². The highest BCUT2D eigenvalue weighted by Crippen LogP contribution is 2.37. The van der Waals surface area contributed by atoms with Gasteiger partial charge in [0.05, 0.1) is 0 Å². The first-order chi connectivity index (χ1) is 9.92. The second kappa shape index (κ2) is 5.78.